The van der Waals surface area contributed by atoms with Gasteiger partial charge in [-0.1, -0.05) is 24.3 Å². The van der Waals surface area contributed by atoms with Gasteiger partial charge in [-0.2, -0.15) is 9.78 Å². The van der Waals surface area contributed by atoms with E-state index in [0.717, 1.165) is 25.1 Å². The van der Waals surface area contributed by atoms with Crippen LogP contribution in [0.2, 0.25) is 0 Å². The van der Waals surface area contributed by atoms with E-state index >= 15 is 0 Å². The number of anilines is 1. The molecule has 2 aromatic rings. The lowest BCUT2D eigenvalue weighted by Crippen LogP contribution is -2.21. The molecule has 8 nitrogen and oxygen atoms in total. The van der Waals surface area contributed by atoms with Gasteiger partial charge in [0, 0.05) is 31.2 Å². The fraction of sp³-hybridized carbons (Fsp3) is 0.250. The SMILES string of the molecule is Cc1cccc(NC(=O)c2cn(C[C@H]3CCCO3)cc3c(=O)n(-c4ccccc4)nc2-3)n1. The Morgan fingerprint density at radius 2 is 2.00 bits per heavy atom. The van der Waals surface area contributed by atoms with E-state index in [1.165, 1.54) is 4.68 Å². The molecule has 1 aromatic heterocycles. The molecular weight excluding hydrogens is 406 g/mol. The maximum Gasteiger partial charge on any atom is 0.282 e. The molecule has 32 heavy (non-hydrogen) atoms. The van der Waals surface area contributed by atoms with Crippen molar-refractivity contribution in [2.24, 2.45) is 0 Å². The number of nitrogens with one attached hydrogen (secondary N) is 1. The summed E-state index contributed by atoms with van der Waals surface area (Å²) in [4.78, 5) is 30.8. The van der Waals surface area contributed by atoms with Crippen molar-refractivity contribution in [3.8, 4) is 16.9 Å². The molecule has 0 aliphatic carbocycles. The number of aromatic nitrogens is 4. The third-order valence-electron chi connectivity index (χ3n) is 5.54. The van der Waals surface area contributed by atoms with E-state index in [1.54, 1.807) is 18.5 Å². The maximum atomic E-state index is 13.2. The predicted octanol–water partition coefficient (Wildman–Crippen LogP) is 3.27. The van der Waals surface area contributed by atoms with Gasteiger partial charge in [-0.05, 0) is 44.0 Å². The number of aryl methyl sites for hydroxylation is 1. The molecule has 4 heterocycles. The van der Waals surface area contributed by atoms with Crippen LogP contribution in [-0.2, 0) is 11.3 Å². The summed E-state index contributed by atoms with van der Waals surface area (Å²) in [6.45, 7) is 3.16. The van der Waals surface area contributed by atoms with Crippen LogP contribution in [0.1, 0.15) is 28.9 Å². The zero-order chi connectivity index (χ0) is 22.1. The molecule has 0 unspecified atom stereocenters. The molecule has 1 aromatic carbocycles. The zero-order valence-corrected chi connectivity index (χ0v) is 17.7. The number of hydrogen-bond donors (Lipinski definition) is 1. The molecule has 1 fully saturated rings. The highest BCUT2D eigenvalue weighted by Crippen LogP contribution is 2.24. The van der Waals surface area contributed by atoms with Crippen LogP contribution in [0.3, 0.4) is 0 Å². The van der Waals surface area contributed by atoms with Crippen molar-refractivity contribution < 1.29 is 9.53 Å². The van der Waals surface area contributed by atoms with Gasteiger partial charge in [0.15, 0.2) is 0 Å². The Balaban J connectivity index is 1.60. The van der Waals surface area contributed by atoms with Gasteiger partial charge >= 0.3 is 0 Å². The first-order chi connectivity index (χ1) is 15.6. The van der Waals surface area contributed by atoms with Gasteiger partial charge in [0.2, 0.25) is 0 Å². The van der Waals surface area contributed by atoms with Crippen molar-refractivity contribution in [1.29, 1.82) is 0 Å². The summed E-state index contributed by atoms with van der Waals surface area (Å²) in [6, 6.07) is 14.6. The van der Waals surface area contributed by atoms with Crippen LogP contribution >= 0.6 is 0 Å². The minimum atomic E-state index is -0.368. The second-order valence-electron chi connectivity index (χ2n) is 7.94. The Morgan fingerprint density at radius 3 is 2.75 bits per heavy atom. The standard InChI is InChI=1S/C24H23N5O3/c1-16-7-5-11-21(25-16)26-23(30)19-14-28(13-18-10-6-12-32-18)15-20-22(19)27-29(24(20)31)17-8-3-2-4-9-17/h2-5,7-9,11,14-15,18H,6,10,12-13H2,1H3,(H,25,26,30)/t18-/m1/s1. The lowest BCUT2D eigenvalue weighted by molar-refractivity contribution is 0.0961. The monoisotopic (exact) mass is 429 g/mol. The van der Waals surface area contributed by atoms with Crippen LogP contribution in [0.5, 0.6) is 0 Å². The molecule has 8 heteroatoms. The van der Waals surface area contributed by atoms with Crippen LogP contribution in [0, 0.1) is 6.92 Å². The lowest BCUT2D eigenvalue weighted by atomic mass is 10.1. The third kappa shape index (κ3) is 3.92. The number of ether oxygens (including phenoxy) is 1. The lowest BCUT2D eigenvalue weighted by Gasteiger charge is -2.16. The summed E-state index contributed by atoms with van der Waals surface area (Å²) in [6.07, 6.45) is 5.52. The molecule has 0 radical (unpaired) electrons. The van der Waals surface area contributed by atoms with E-state index < -0.39 is 0 Å². The summed E-state index contributed by atoms with van der Waals surface area (Å²) in [5.74, 6) is 0.0787. The van der Waals surface area contributed by atoms with Crippen LogP contribution < -0.4 is 10.9 Å². The molecule has 0 spiro atoms. The van der Waals surface area contributed by atoms with Gasteiger partial charge in [-0.15, -0.1) is 0 Å². The molecule has 3 aliphatic rings. The first kappa shape index (κ1) is 20.1. The van der Waals surface area contributed by atoms with Crippen molar-refractivity contribution in [1.82, 2.24) is 19.3 Å². The summed E-state index contributed by atoms with van der Waals surface area (Å²) < 4.78 is 8.95. The summed E-state index contributed by atoms with van der Waals surface area (Å²) in [5, 5.41) is 7.35. The van der Waals surface area contributed by atoms with E-state index in [0.29, 0.717) is 34.9 Å². The number of carbonyl (C=O) groups excluding carboxylic acids is 1. The largest absolute Gasteiger partial charge is 0.376 e. The van der Waals surface area contributed by atoms with Crippen molar-refractivity contribution in [2.75, 3.05) is 11.9 Å². The number of fused-ring (bicyclic) bond motifs is 1. The predicted molar refractivity (Wildman–Crippen MR) is 120 cm³/mol. The normalized spacial score (nSPS) is 15.8. The summed E-state index contributed by atoms with van der Waals surface area (Å²) in [5.41, 5.74) is 2.23. The first-order valence-electron chi connectivity index (χ1n) is 10.6. The van der Waals surface area contributed by atoms with E-state index in [1.807, 2.05) is 54.0 Å². The third-order valence-corrected chi connectivity index (χ3v) is 5.54. The fourth-order valence-electron chi connectivity index (χ4n) is 4.00. The van der Waals surface area contributed by atoms with Crippen LogP contribution in [0.25, 0.3) is 16.9 Å². The van der Waals surface area contributed by atoms with Crippen LogP contribution in [-0.4, -0.2) is 37.9 Å². The number of amides is 1. The van der Waals surface area contributed by atoms with E-state index in [9.17, 15) is 9.59 Å². The van der Waals surface area contributed by atoms with Gasteiger partial charge in [0.25, 0.3) is 11.5 Å². The smallest absolute Gasteiger partial charge is 0.282 e. The van der Waals surface area contributed by atoms with Crippen LogP contribution in [0.15, 0.2) is 65.7 Å². The molecule has 0 bridgehead atoms. The van der Waals surface area contributed by atoms with Crippen molar-refractivity contribution in [2.45, 2.75) is 32.4 Å². The number of para-hydroxylation sites is 1. The number of nitrogens with zero attached hydrogens (tertiary/aromatic N) is 4. The summed E-state index contributed by atoms with van der Waals surface area (Å²) >= 11 is 0. The second kappa shape index (κ2) is 8.39. The Bertz CT molecular complexity index is 1290. The Labute approximate surface area is 184 Å². The topological polar surface area (TPSA) is 91.0 Å². The minimum Gasteiger partial charge on any atom is -0.376 e. The van der Waals surface area contributed by atoms with Crippen LogP contribution in [0.4, 0.5) is 5.82 Å². The quantitative estimate of drug-likeness (QED) is 0.526. The molecule has 1 atom stereocenters. The Kier molecular flexibility index (Phi) is 5.28. The molecule has 162 valence electrons. The van der Waals surface area contributed by atoms with Crippen molar-refractivity contribution in [3.63, 3.8) is 0 Å². The molecule has 0 saturated carbocycles. The average molecular weight is 429 g/mol. The maximum absolute atomic E-state index is 13.2. The van der Waals surface area contributed by atoms with Crippen molar-refractivity contribution in [3.05, 3.63) is 82.5 Å². The molecule has 5 rings (SSSR count). The van der Waals surface area contributed by atoms with Gasteiger partial charge in [0.1, 0.15) is 11.5 Å². The van der Waals surface area contributed by atoms with Gasteiger partial charge < -0.3 is 14.6 Å². The fourth-order valence-corrected chi connectivity index (χ4v) is 4.00. The van der Waals surface area contributed by atoms with E-state index in [4.69, 9.17) is 4.74 Å². The molecule has 3 aliphatic heterocycles. The van der Waals surface area contributed by atoms with Gasteiger partial charge in [-0.3, -0.25) is 9.59 Å². The molecular formula is C24H23N5O3. The zero-order valence-electron chi connectivity index (χ0n) is 17.7. The molecule has 1 N–H and O–H groups in total. The molecule has 1 saturated heterocycles. The van der Waals surface area contributed by atoms with Gasteiger partial charge in [0.05, 0.1) is 22.9 Å². The minimum absolute atomic E-state index is 0.0612. The number of benzene rings is 1. The van der Waals surface area contributed by atoms with E-state index in [2.05, 4.69) is 15.4 Å². The average Bonchev–Trinajstić information content (AvgIpc) is 3.42. The first-order valence-corrected chi connectivity index (χ1v) is 10.6. The second-order valence-corrected chi connectivity index (χ2v) is 7.94. The van der Waals surface area contributed by atoms with E-state index in [-0.39, 0.29) is 17.6 Å². The number of carbonyl (C=O) groups is 1. The van der Waals surface area contributed by atoms with Gasteiger partial charge in [-0.25, -0.2) is 4.98 Å². The molecule has 1 amide bonds. The van der Waals surface area contributed by atoms with Crippen molar-refractivity contribution >= 4 is 11.7 Å². The Hall–Kier alpha value is -3.78. The Morgan fingerprint density at radius 1 is 1.16 bits per heavy atom. The number of rotatable bonds is 5. The highest BCUT2D eigenvalue weighted by atomic mass is 16.5. The highest BCUT2D eigenvalue weighted by molar-refractivity contribution is 6.07. The number of hydrogen-bond acceptors (Lipinski definition) is 5. The number of pyridine rings is 2. The highest BCUT2D eigenvalue weighted by Gasteiger charge is 2.26. The summed E-state index contributed by atoms with van der Waals surface area (Å²) in [7, 11) is 0.